The summed E-state index contributed by atoms with van der Waals surface area (Å²) in [6.07, 6.45) is 1.14. The number of hydrogen-bond donors (Lipinski definition) is 1. The fourth-order valence-corrected chi connectivity index (χ4v) is 1.84. The molecule has 1 aromatic carbocycles. The van der Waals surface area contributed by atoms with Crippen LogP contribution in [0.5, 0.6) is 0 Å². The Labute approximate surface area is 117 Å². The number of rotatable bonds is 5. The van der Waals surface area contributed by atoms with E-state index < -0.39 is 0 Å². The molecule has 4 nitrogen and oxygen atoms in total. The third kappa shape index (κ3) is 5.20. The third-order valence-corrected chi connectivity index (χ3v) is 2.74. The number of hydrogen-bond acceptors (Lipinski definition) is 2. The summed E-state index contributed by atoms with van der Waals surface area (Å²) in [5.41, 5.74) is 2.40. The Morgan fingerprint density at radius 1 is 1.05 bits per heavy atom. The molecule has 0 saturated heterocycles. The number of nitrogens with zero attached hydrogens (tertiary/aromatic N) is 3. The molecule has 106 valence electrons. The van der Waals surface area contributed by atoms with Crippen LogP contribution in [0.25, 0.3) is 0 Å². The van der Waals surface area contributed by atoms with Gasteiger partial charge in [-0.1, -0.05) is 19.1 Å². The first kappa shape index (κ1) is 15.3. The Hall–Kier alpha value is -1.71. The number of anilines is 1. The van der Waals surface area contributed by atoms with Crippen LogP contribution in [-0.4, -0.2) is 50.5 Å². The van der Waals surface area contributed by atoms with Gasteiger partial charge < -0.3 is 15.1 Å². The second-order valence-corrected chi connectivity index (χ2v) is 5.03. The van der Waals surface area contributed by atoms with Crippen molar-refractivity contribution >= 4 is 11.6 Å². The van der Waals surface area contributed by atoms with Gasteiger partial charge in [-0.25, -0.2) is 4.99 Å². The first-order valence-corrected chi connectivity index (χ1v) is 6.76. The Kier molecular flexibility index (Phi) is 6.19. The summed E-state index contributed by atoms with van der Waals surface area (Å²) in [4.78, 5) is 8.68. The normalized spacial score (nSPS) is 9.95. The van der Waals surface area contributed by atoms with Crippen molar-refractivity contribution in [2.24, 2.45) is 4.99 Å². The minimum atomic E-state index is 0.708. The first-order valence-electron chi connectivity index (χ1n) is 6.76. The van der Waals surface area contributed by atoms with E-state index >= 15 is 0 Å². The van der Waals surface area contributed by atoms with Gasteiger partial charge in [0.05, 0.1) is 6.54 Å². The lowest BCUT2D eigenvalue weighted by Gasteiger charge is -2.22. The monoisotopic (exact) mass is 262 g/mol. The molecule has 0 radical (unpaired) electrons. The van der Waals surface area contributed by atoms with E-state index in [0.29, 0.717) is 6.54 Å². The highest BCUT2D eigenvalue weighted by Gasteiger charge is 2.03. The van der Waals surface area contributed by atoms with Crippen LogP contribution in [0, 0.1) is 0 Å². The fraction of sp³-hybridized carbons (Fsp3) is 0.533. The van der Waals surface area contributed by atoms with Crippen LogP contribution < -0.4 is 5.32 Å². The summed E-state index contributed by atoms with van der Waals surface area (Å²) in [6.45, 7) is 3.89. The summed E-state index contributed by atoms with van der Waals surface area (Å²) in [7, 11) is 8.04. The molecule has 0 saturated carbocycles. The van der Waals surface area contributed by atoms with Gasteiger partial charge in [0.1, 0.15) is 0 Å². The van der Waals surface area contributed by atoms with E-state index in [1.165, 1.54) is 11.3 Å². The van der Waals surface area contributed by atoms with Gasteiger partial charge in [-0.2, -0.15) is 0 Å². The molecule has 19 heavy (non-hydrogen) atoms. The molecule has 0 aliphatic carbocycles. The highest BCUT2D eigenvalue weighted by molar-refractivity contribution is 5.79. The molecule has 0 unspecified atom stereocenters. The van der Waals surface area contributed by atoms with Gasteiger partial charge in [-0.3, -0.25) is 0 Å². The molecule has 0 aliphatic heterocycles. The second kappa shape index (κ2) is 7.67. The average molecular weight is 262 g/mol. The van der Waals surface area contributed by atoms with Crippen molar-refractivity contribution in [2.75, 3.05) is 40.1 Å². The molecule has 0 amide bonds. The number of guanidine groups is 1. The van der Waals surface area contributed by atoms with Crippen molar-refractivity contribution in [3.05, 3.63) is 29.8 Å². The summed E-state index contributed by atoms with van der Waals surface area (Å²) >= 11 is 0. The summed E-state index contributed by atoms with van der Waals surface area (Å²) < 4.78 is 0. The van der Waals surface area contributed by atoms with Crippen molar-refractivity contribution in [2.45, 2.75) is 19.9 Å². The third-order valence-electron chi connectivity index (χ3n) is 2.74. The van der Waals surface area contributed by atoms with Gasteiger partial charge in [0.25, 0.3) is 0 Å². The van der Waals surface area contributed by atoms with Crippen LogP contribution in [0.4, 0.5) is 5.69 Å². The SMILES string of the molecule is CCCNc1ccc(CN=C(N(C)C)N(C)C)cc1. The lowest BCUT2D eigenvalue weighted by Crippen LogP contribution is -2.35. The van der Waals surface area contributed by atoms with E-state index in [1.54, 1.807) is 0 Å². The molecule has 0 bridgehead atoms. The minimum Gasteiger partial charge on any atom is -0.385 e. The Balaban J connectivity index is 2.64. The molecule has 1 N–H and O–H groups in total. The maximum absolute atomic E-state index is 4.63. The summed E-state index contributed by atoms with van der Waals surface area (Å²) in [5, 5.41) is 3.37. The van der Waals surface area contributed by atoms with Gasteiger partial charge >= 0.3 is 0 Å². The topological polar surface area (TPSA) is 30.9 Å². The van der Waals surface area contributed by atoms with E-state index in [4.69, 9.17) is 0 Å². The van der Waals surface area contributed by atoms with Crippen molar-refractivity contribution in [3.8, 4) is 0 Å². The molecule has 0 aromatic heterocycles. The quantitative estimate of drug-likeness (QED) is 0.653. The first-order chi connectivity index (χ1) is 9.04. The highest BCUT2D eigenvalue weighted by Crippen LogP contribution is 2.10. The smallest absolute Gasteiger partial charge is 0.195 e. The van der Waals surface area contributed by atoms with E-state index in [9.17, 15) is 0 Å². The van der Waals surface area contributed by atoms with Gasteiger partial charge in [-0.15, -0.1) is 0 Å². The van der Waals surface area contributed by atoms with Gasteiger partial charge in [-0.05, 0) is 24.1 Å². The molecular formula is C15H26N4. The van der Waals surface area contributed by atoms with Crippen LogP contribution >= 0.6 is 0 Å². The molecule has 4 heteroatoms. The van der Waals surface area contributed by atoms with Crippen LogP contribution in [0.3, 0.4) is 0 Å². The molecule has 0 atom stereocenters. The molecule has 0 heterocycles. The standard InChI is InChI=1S/C15H26N4/c1-6-11-16-14-9-7-13(8-10-14)12-17-15(18(2)3)19(4)5/h7-10,16H,6,11-12H2,1-5H3. The van der Waals surface area contributed by atoms with Crippen LogP contribution in [-0.2, 0) is 6.54 Å². The second-order valence-electron chi connectivity index (χ2n) is 5.03. The van der Waals surface area contributed by atoms with Gasteiger partial charge in [0.2, 0.25) is 0 Å². The lowest BCUT2D eigenvalue weighted by molar-refractivity contribution is 0.479. The van der Waals surface area contributed by atoms with E-state index in [2.05, 4.69) is 41.5 Å². The zero-order valence-corrected chi connectivity index (χ0v) is 12.8. The van der Waals surface area contributed by atoms with Crippen molar-refractivity contribution in [1.29, 1.82) is 0 Å². The van der Waals surface area contributed by atoms with E-state index in [1.807, 2.05) is 38.0 Å². The number of benzene rings is 1. The highest BCUT2D eigenvalue weighted by atomic mass is 15.3. The fourth-order valence-electron chi connectivity index (χ4n) is 1.84. The molecule has 1 aromatic rings. The van der Waals surface area contributed by atoms with Crippen molar-refractivity contribution < 1.29 is 0 Å². The van der Waals surface area contributed by atoms with Crippen LogP contribution in [0.1, 0.15) is 18.9 Å². The van der Waals surface area contributed by atoms with E-state index in [0.717, 1.165) is 18.9 Å². The molecule has 0 aliphatic rings. The summed E-state index contributed by atoms with van der Waals surface area (Å²) in [5.74, 6) is 0.980. The van der Waals surface area contributed by atoms with Gasteiger partial charge in [0, 0.05) is 40.4 Å². The lowest BCUT2D eigenvalue weighted by atomic mass is 10.2. The average Bonchev–Trinajstić information content (AvgIpc) is 2.37. The van der Waals surface area contributed by atoms with Gasteiger partial charge in [0.15, 0.2) is 5.96 Å². The largest absolute Gasteiger partial charge is 0.385 e. The van der Waals surface area contributed by atoms with Crippen molar-refractivity contribution in [1.82, 2.24) is 9.80 Å². The summed E-state index contributed by atoms with van der Waals surface area (Å²) in [6, 6.07) is 8.49. The van der Waals surface area contributed by atoms with Crippen LogP contribution in [0.15, 0.2) is 29.3 Å². The zero-order chi connectivity index (χ0) is 14.3. The predicted octanol–water partition coefficient (Wildman–Crippen LogP) is 2.49. The molecule has 1 rings (SSSR count). The molecule has 0 fully saturated rings. The van der Waals surface area contributed by atoms with Crippen molar-refractivity contribution in [3.63, 3.8) is 0 Å². The molecular weight excluding hydrogens is 236 g/mol. The number of nitrogens with one attached hydrogen (secondary N) is 1. The number of aliphatic imine (C=N–C) groups is 1. The maximum Gasteiger partial charge on any atom is 0.195 e. The van der Waals surface area contributed by atoms with Crippen LogP contribution in [0.2, 0.25) is 0 Å². The molecule has 0 spiro atoms. The Morgan fingerprint density at radius 3 is 2.11 bits per heavy atom. The zero-order valence-electron chi connectivity index (χ0n) is 12.8. The Bertz CT molecular complexity index is 383. The maximum atomic E-state index is 4.63. The van der Waals surface area contributed by atoms with E-state index in [-0.39, 0.29) is 0 Å². The predicted molar refractivity (Wildman–Crippen MR) is 83.7 cm³/mol. The minimum absolute atomic E-state index is 0.708. The Morgan fingerprint density at radius 2 is 1.63 bits per heavy atom.